The Morgan fingerprint density at radius 2 is 2.12 bits per heavy atom. The number of carbonyl (C=O) groups is 1. The molecule has 2 atom stereocenters. The van der Waals surface area contributed by atoms with Gasteiger partial charge in [0, 0.05) is 18.7 Å². The lowest BCUT2D eigenvalue weighted by Crippen LogP contribution is -2.34. The van der Waals surface area contributed by atoms with Crippen LogP contribution in [0.5, 0.6) is 0 Å². The smallest absolute Gasteiger partial charge is 0.331 e. The maximum atomic E-state index is 10.7. The summed E-state index contributed by atoms with van der Waals surface area (Å²) in [5, 5.41) is 21.8. The van der Waals surface area contributed by atoms with Crippen molar-refractivity contribution in [2.24, 2.45) is 5.92 Å². The summed E-state index contributed by atoms with van der Waals surface area (Å²) in [6.45, 7) is 3.18. The van der Waals surface area contributed by atoms with Crippen molar-refractivity contribution in [3.05, 3.63) is 11.6 Å². The maximum Gasteiger partial charge on any atom is 0.331 e. The van der Waals surface area contributed by atoms with E-state index >= 15 is 0 Å². The molecular weight excluding hydrogens is 218 g/mol. The zero-order chi connectivity index (χ0) is 12.7. The first kappa shape index (κ1) is 14.2. The van der Waals surface area contributed by atoms with Gasteiger partial charge in [0.15, 0.2) is 0 Å². The summed E-state index contributed by atoms with van der Waals surface area (Å²) in [6, 6.07) is 0. The summed E-state index contributed by atoms with van der Waals surface area (Å²) >= 11 is 0. The van der Waals surface area contributed by atoms with E-state index in [4.69, 9.17) is 5.11 Å². The van der Waals surface area contributed by atoms with E-state index in [-0.39, 0.29) is 6.10 Å². The first-order chi connectivity index (χ1) is 8.15. The number of hydrogen-bond acceptors (Lipinski definition) is 3. The second kappa shape index (κ2) is 7.45. The number of carboxylic acids is 1. The van der Waals surface area contributed by atoms with Gasteiger partial charge in [-0.1, -0.05) is 25.8 Å². The highest BCUT2D eigenvalue weighted by Crippen LogP contribution is 2.23. The third-order valence-corrected chi connectivity index (χ3v) is 3.42. The molecule has 1 aliphatic carbocycles. The van der Waals surface area contributed by atoms with Crippen molar-refractivity contribution in [2.45, 2.75) is 45.1 Å². The van der Waals surface area contributed by atoms with Crippen LogP contribution < -0.4 is 5.32 Å². The molecule has 0 saturated heterocycles. The van der Waals surface area contributed by atoms with Crippen LogP contribution in [-0.4, -0.2) is 35.4 Å². The molecule has 1 rings (SSSR count). The lowest BCUT2D eigenvalue weighted by atomic mass is 9.86. The fourth-order valence-corrected chi connectivity index (χ4v) is 2.27. The normalized spacial score (nSPS) is 25.9. The molecule has 0 heterocycles. The van der Waals surface area contributed by atoms with Crippen molar-refractivity contribution in [2.75, 3.05) is 13.1 Å². The molecule has 0 aromatic rings. The summed E-state index contributed by atoms with van der Waals surface area (Å²) in [6.07, 6.45) is 6.35. The predicted octanol–water partition coefficient (Wildman–Crippen LogP) is 1.55. The Balaban J connectivity index is 2.25. The number of nitrogens with one attached hydrogen (secondary N) is 1. The van der Waals surface area contributed by atoms with Gasteiger partial charge in [-0.15, -0.1) is 0 Å². The molecule has 0 aliphatic heterocycles. The number of rotatable bonds is 6. The highest BCUT2D eigenvalue weighted by atomic mass is 16.4. The first-order valence-electron chi connectivity index (χ1n) is 6.46. The van der Waals surface area contributed by atoms with E-state index in [1.165, 1.54) is 6.42 Å². The fourth-order valence-electron chi connectivity index (χ4n) is 2.27. The molecule has 1 aliphatic rings. The van der Waals surface area contributed by atoms with Gasteiger partial charge in [0.1, 0.15) is 0 Å². The van der Waals surface area contributed by atoms with Crippen LogP contribution in [0.15, 0.2) is 11.6 Å². The van der Waals surface area contributed by atoms with Crippen molar-refractivity contribution in [1.82, 2.24) is 5.32 Å². The van der Waals surface area contributed by atoms with Gasteiger partial charge in [-0.2, -0.15) is 0 Å². The van der Waals surface area contributed by atoms with Gasteiger partial charge in [0.25, 0.3) is 0 Å². The van der Waals surface area contributed by atoms with Crippen molar-refractivity contribution >= 4 is 5.97 Å². The van der Waals surface area contributed by atoms with Gasteiger partial charge in [-0.25, -0.2) is 4.79 Å². The summed E-state index contributed by atoms with van der Waals surface area (Å²) < 4.78 is 0. The van der Waals surface area contributed by atoms with Gasteiger partial charge < -0.3 is 15.5 Å². The standard InChI is InChI=1S/C13H23NO3/c1-2-10(13(16)17)7-8-14-9-11-5-3-4-6-12(11)15/h7,11-12,14-15H,2-6,8-9H2,1H3,(H,16,17). The Bertz CT molecular complexity index is 276. The van der Waals surface area contributed by atoms with Crippen molar-refractivity contribution in [3.63, 3.8) is 0 Å². The van der Waals surface area contributed by atoms with E-state index in [0.717, 1.165) is 25.8 Å². The van der Waals surface area contributed by atoms with Crippen LogP contribution in [0.2, 0.25) is 0 Å². The molecule has 0 spiro atoms. The van der Waals surface area contributed by atoms with Crippen LogP contribution in [0, 0.1) is 5.92 Å². The van der Waals surface area contributed by atoms with Crippen LogP contribution in [0.1, 0.15) is 39.0 Å². The highest BCUT2D eigenvalue weighted by molar-refractivity contribution is 5.86. The summed E-state index contributed by atoms with van der Waals surface area (Å²) in [5.74, 6) is -0.515. The third kappa shape index (κ3) is 4.88. The molecular formula is C13H23NO3. The van der Waals surface area contributed by atoms with Gasteiger partial charge >= 0.3 is 5.97 Å². The number of aliphatic carboxylic acids is 1. The lowest BCUT2D eigenvalue weighted by molar-refractivity contribution is -0.132. The molecule has 17 heavy (non-hydrogen) atoms. The van der Waals surface area contributed by atoms with Gasteiger partial charge in [0.05, 0.1) is 6.10 Å². The van der Waals surface area contributed by atoms with Crippen LogP contribution >= 0.6 is 0 Å². The molecule has 0 aromatic carbocycles. The topological polar surface area (TPSA) is 69.6 Å². The van der Waals surface area contributed by atoms with Crippen LogP contribution in [0.4, 0.5) is 0 Å². The van der Waals surface area contributed by atoms with E-state index in [9.17, 15) is 9.90 Å². The van der Waals surface area contributed by atoms with E-state index < -0.39 is 5.97 Å². The zero-order valence-corrected chi connectivity index (χ0v) is 10.5. The van der Waals surface area contributed by atoms with E-state index in [1.54, 1.807) is 6.08 Å². The number of aliphatic hydroxyl groups excluding tert-OH is 1. The maximum absolute atomic E-state index is 10.7. The summed E-state index contributed by atoms with van der Waals surface area (Å²) in [7, 11) is 0. The molecule has 2 unspecified atom stereocenters. The second-order valence-corrected chi connectivity index (χ2v) is 4.66. The molecule has 98 valence electrons. The van der Waals surface area contributed by atoms with Gasteiger partial charge in [-0.3, -0.25) is 0 Å². The average molecular weight is 241 g/mol. The minimum atomic E-state index is -0.841. The predicted molar refractivity (Wildman–Crippen MR) is 66.8 cm³/mol. The average Bonchev–Trinajstić information content (AvgIpc) is 2.31. The van der Waals surface area contributed by atoms with Crippen LogP contribution in [-0.2, 0) is 4.79 Å². The molecule has 4 nitrogen and oxygen atoms in total. The SMILES string of the molecule is CCC(=CCNCC1CCCCC1O)C(=O)O. The molecule has 3 N–H and O–H groups in total. The van der Waals surface area contributed by atoms with E-state index in [2.05, 4.69) is 5.32 Å². The molecule has 0 amide bonds. The fraction of sp³-hybridized carbons (Fsp3) is 0.769. The quantitative estimate of drug-likeness (QED) is 0.487. The minimum Gasteiger partial charge on any atom is -0.478 e. The monoisotopic (exact) mass is 241 g/mol. The Kier molecular flexibility index (Phi) is 6.22. The third-order valence-electron chi connectivity index (χ3n) is 3.42. The zero-order valence-electron chi connectivity index (χ0n) is 10.5. The Morgan fingerprint density at radius 1 is 1.41 bits per heavy atom. The van der Waals surface area contributed by atoms with Crippen LogP contribution in [0.25, 0.3) is 0 Å². The molecule has 0 aromatic heterocycles. The summed E-state index contributed by atoms with van der Waals surface area (Å²) in [5.41, 5.74) is 0.446. The van der Waals surface area contributed by atoms with E-state index in [0.29, 0.717) is 24.5 Å². The van der Waals surface area contributed by atoms with Gasteiger partial charge in [0.2, 0.25) is 0 Å². The van der Waals surface area contributed by atoms with Crippen LogP contribution in [0.3, 0.4) is 0 Å². The Hall–Kier alpha value is -0.870. The van der Waals surface area contributed by atoms with E-state index in [1.807, 2.05) is 6.92 Å². The largest absolute Gasteiger partial charge is 0.478 e. The summed E-state index contributed by atoms with van der Waals surface area (Å²) in [4.78, 5) is 10.7. The molecule has 0 bridgehead atoms. The molecule has 0 radical (unpaired) electrons. The first-order valence-corrected chi connectivity index (χ1v) is 6.46. The van der Waals surface area contributed by atoms with Crippen molar-refractivity contribution in [3.8, 4) is 0 Å². The minimum absolute atomic E-state index is 0.189. The second-order valence-electron chi connectivity index (χ2n) is 4.66. The highest BCUT2D eigenvalue weighted by Gasteiger charge is 2.22. The Morgan fingerprint density at radius 3 is 2.71 bits per heavy atom. The lowest BCUT2D eigenvalue weighted by Gasteiger charge is -2.27. The van der Waals surface area contributed by atoms with Crippen molar-refractivity contribution in [1.29, 1.82) is 0 Å². The Labute approximate surface area is 103 Å². The molecule has 4 heteroatoms. The number of hydrogen-bond donors (Lipinski definition) is 3. The molecule has 1 saturated carbocycles. The molecule has 1 fully saturated rings. The van der Waals surface area contributed by atoms with Crippen molar-refractivity contribution < 1.29 is 15.0 Å². The number of aliphatic hydroxyl groups is 1. The van der Waals surface area contributed by atoms with Gasteiger partial charge in [-0.05, 0) is 25.2 Å². The number of carboxylic acid groups (broad SMARTS) is 1.